The van der Waals surface area contributed by atoms with E-state index in [0.717, 1.165) is 0 Å². The lowest BCUT2D eigenvalue weighted by molar-refractivity contribution is -0.519. The van der Waals surface area contributed by atoms with E-state index >= 15 is 0 Å². The highest BCUT2D eigenvalue weighted by atomic mass is 15.3. The van der Waals surface area contributed by atoms with Crippen LogP contribution >= 0.6 is 0 Å². The van der Waals surface area contributed by atoms with Gasteiger partial charge in [-0.25, -0.2) is 0 Å². The Morgan fingerprint density at radius 2 is 1.33 bits per heavy atom. The van der Waals surface area contributed by atoms with E-state index in [-0.39, 0.29) is 0 Å². The summed E-state index contributed by atoms with van der Waals surface area (Å²) in [5.41, 5.74) is 0. The van der Waals surface area contributed by atoms with Gasteiger partial charge < -0.3 is 0 Å². The number of hydrogen-bond acceptors (Lipinski definition) is 1. The monoisotopic (exact) mass is 335 g/mol. The Balaban J connectivity index is 1.52. The Kier molecular flexibility index (Phi) is 10.5. The molecule has 0 saturated heterocycles. The zero-order valence-electron chi connectivity index (χ0n) is 16.5. The summed E-state index contributed by atoms with van der Waals surface area (Å²) in [5.74, 6) is 1.70. The van der Waals surface area contributed by atoms with Gasteiger partial charge in [0, 0.05) is 6.42 Å². The molecular weight excluding hydrogens is 292 g/mol. The Morgan fingerprint density at radius 3 is 2.08 bits per heavy atom. The van der Waals surface area contributed by atoms with Crippen LogP contribution < -0.4 is 0 Å². The van der Waals surface area contributed by atoms with Gasteiger partial charge in [0.1, 0.15) is 13.1 Å². The highest BCUT2D eigenvalue weighted by Crippen LogP contribution is 2.16. The quantitative estimate of drug-likeness (QED) is 0.332. The third-order valence-corrected chi connectivity index (χ3v) is 5.98. The fraction of sp³-hybridized carbons (Fsp3) is 0.955. The lowest BCUT2D eigenvalue weighted by atomic mass is 10.1. The molecule has 2 aliphatic heterocycles. The second kappa shape index (κ2) is 12.8. The molecule has 0 aromatic heterocycles. The summed E-state index contributed by atoms with van der Waals surface area (Å²) in [7, 11) is 0. The standard InChI is InChI=1S/C22H43N2/c1-2-3-4-5-6-7-8-9-12-15-18-23-20-21-24-19-16-13-10-11-14-17-22(23)24/h2-21H2,1H3/q+1. The van der Waals surface area contributed by atoms with Gasteiger partial charge in [0.05, 0.1) is 13.1 Å². The van der Waals surface area contributed by atoms with Crippen molar-refractivity contribution in [2.24, 2.45) is 0 Å². The predicted molar refractivity (Wildman–Crippen MR) is 106 cm³/mol. The van der Waals surface area contributed by atoms with Crippen molar-refractivity contribution in [1.29, 1.82) is 0 Å². The summed E-state index contributed by atoms with van der Waals surface area (Å²) in [6, 6.07) is 0. The lowest BCUT2D eigenvalue weighted by Gasteiger charge is -2.13. The highest BCUT2D eigenvalue weighted by molar-refractivity contribution is 5.78. The maximum atomic E-state index is 2.73. The van der Waals surface area contributed by atoms with Gasteiger partial charge in [0.2, 0.25) is 5.84 Å². The van der Waals surface area contributed by atoms with Crippen LogP contribution in [0.2, 0.25) is 0 Å². The maximum absolute atomic E-state index is 2.73. The highest BCUT2D eigenvalue weighted by Gasteiger charge is 2.29. The molecule has 2 heterocycles. The number of unbranched alkanes of at least 4 members (excludes halogenated alkanes) is 9. The van der Waals surface area contributed by atoms with E-state index < -0.39 is 0 Å². The van der Waals surface area contributed by atoms with Crippen molar-refractivity contribution in [1.82, 2.24) is 4.90 Å². The SMILES string of the molecule is CCCCCCCCCCCCN1CC[N+]2=C1CCCCCCC2. The van der Waals surface area contributed by atoms with Crippen molar-refractivity contribution in [2.45, 2.75) is 110 Å². The van der Waals surface area contributed by atoms with E-state index in [9.17, 15) is 0 Å². The molecule has 0 aromatic carbocycles. The van der Waals surface area contributed by atoms with Crippen molar-refractivity contribution >= 4 is 5.84 Å². The molecule has 0 aromatic rings. The van der Waals surface area contributed by atoms with Crippen LogP contribution in [-0.4, -0.2) is 41.5 Å². The van der Waals surface area contributed by atoms with E-state index in [1.165, 1.54) is 129 Å². The first kappa shape index (κ1) is 19.8. The molecule has 0 unspecified atom stereocenters. The van der Waals surface area contributed by atoms with Crippen LogP contribution in [0.5, 0.6) is 0 Å². The van der Waals surface area contributed by atoms with Crippen LogP contribution in [0.4, 0.5) is 0 Å². The first-order chi connectivity index (χ1) is 11.9. The minimum absolute atomic E-state index is 1.30. The lowest BCUT2D eigenvalue weighted by Crippen LogP contribution is -2.30. The van der Waals surface area contributed by atoms with Gasteiger partial charge in [-0.1, -0.05) is 71.1 Å². The van der Waals surface area contributed by atoms with Crippen molar-refractivity contribution in [3.63, 3.8) is 0 Å². The molecule has 0 N–H and O–H groups in total. The van der Waals surface area contributed by atoms with Crippen LogP contribution in [0.25, 0.3) is 0 Å². The van der Waals surface area contributed by atoms with Crippen LogP contribution in [0.1, 0.15) is 110 Å². The van der Waals surface area contributed by atoms with E-state index in [0.29, 0.717) is 0 Å². The summed E-state index contributed by atoms with van der Waals surface area (Å²) in [4.78, 5) is 2.73. The largest absolute Gasteiger partial charge is 0.262 e. The molecule has 0 atom stereocenters. The summed E-state index contributed by atoms with van der Waals surface area (Å²) in [5, 5.41) is 0. The van der Waals surface area contributed by atoms with Gasteiger partial charge in [-0.15, -0.1) is 0 Å². The van der Waals surface area contributed by atoms with E-state index in [1.54, 1.807) is 5.84 Å². The third-order valence-electron chi connectivity index (χ3n) is 5.98. The normalized spacial score (nSPS) is 19.1. The minimum Gasteiger partial charge on any atom is -0.262 e. The molecule has 0 spiro atoms. The Hall–Kier alpha value is -0.530. The molecule has 0 bridgehead atoms. The van der Waals surface area contributed by atoms with Gasteiger partial charge >= 0.3 is 0 Å². The summed E-state index contributed by atoms with van der Waals surface area (Å²) >= 11 is 0. The van der Waals surface area contributed by atoms with Crippen molar-refractivity contribution in [2.75, 3.05) is 26.2 Å². The average molecular weight is 336 g/mol. The second-order valence-corrected chi connectivity index (χ2v) is 8.09. The Bertz CT molecular complexity index is 348. The molecule has 2 aliphatic rings. The Labute approximate surface area is 151 Å². The molecule has 0 radical (unpaired) electrons. The number of amidine groups is 1. The van der Waals surface area contributed by atoms with Gasteiger partial charge in [0.25, 0.3) is 0 Å². The molecular formula is C22H43N2+. The molecule has 0 aliphatic carbocycles. The van der Waals surface area contributed by atoms with E-state index in [2.05, 4.69) is 16.4 Å². The fourth-order valence-corrected chi connectivity index (χ4v) is 4.40. The van der Waals surface area contributed by atoms with Crippen molar-refractivity contribution in [3.8, 4) is 0 Å². The van der Waals surface area contributed by atoms with E-state index in [4.69, 9.17) is 0 Å². The number of nitrogens with zero attached hydrogens (tertiary/aromatic N) is 2. The minimum atomic E-state index is 1.30. The zero-order valence-corrected chi connectivity index (χ0v) is 16.5. The molecule has 24 heavy (non-hydrogen) atoms. The number of rotatable bonds is 11. The number of hydrogen-bond donors (Lipinski definition) is 0. The van der Waals surface area contributed by atoms with Crippen molar-refractivity contribution < 1.29 is 4.58 Å². The topological polar surface area (TPSA) is 6.25 Å². The molecule has 2 rings (SSSR count). The first-order valence-electron chi connectivity index (χ1n) is 11.3. The van der Waals surface area contributed by atoms with Gasteiger partial charge in [-0.05, 0) is 32.1 Å². The predicted octanol–water partition coefficient (Wildman–Crippen LogP) is 5.99. The van der Waals surface area contributed by atoms with E-state index in [1.807, 2.05) is 0 Å². The van der Waals surface area contributed by atoms with Crippen molar-refractivity contribution in [3.05, 3.63) is 0 Å². The molecule has 0 fully saturated rings. The maximum Gasteiger partial charge on any atom is 0.247 e. The molecule has 2 nitrogen and oxygen atoms in total. The van der Waals surface area contributed by atoms with Gasteiger partial charge in [-0.2, -0.15) is 0 Å². The smallest absolute Gasteiger partial charge is 0.247 e. The Morgan fingerprint density at radius 1 is 0.708 bits per heavy atom. The zero-order chi connectivity index (χ0) is 16.9. The van der Waals surface area contributed by atoms with Crippen LogP contribution in [-0.2, 0) is 0 Å². The van der Waals surface area contributed by atoms with Crippen LogP contribution in [0, 0.1) is 0 Å². The van der Waals surface area contributed by atoms with Gasteiger partial charge in [-0.3, -0.25) is 9.48 Å². The second-order valence-electron chi connectivity index (χ2n) is 8.09. The summed E-state index contributed by atoms with van der Waals surface area (Å²) in [6.45, 7) is 7.54. The van der Waals surface area contributed by atoms with Crippen LogP contribution in [0.3, 0.4) is 0 Å². The van der Waals surface area contributed by atoms with Crippen LogP contribution in [0.15, 0.2) is 0 Å². The summed E-state index contributed by atoms with van der Waals surface area (Å²) < 4.78 is 2.71. The molecule has 0 saturated carbocycles. The third kappa shape index (κ3) is 7.57. The molecule has 140 valence electrons. The fourth-order valence-electron chi connectivity index (χ4n) is 4.40. The molecule has 0 amide bonds. The summed E-state index contributed by atoms with van der Waals surface area (Å²) in [6.07, 6.45) is 23.0. The average Bonchev–Trinajstić information content (AvgIpc) is 3.01. The van der Waals surface area contributed by atoms with Gasteiger partial charge in [0.15, 0.2) is 0 Å². The molecule has 2 heteroatoms. The first-order valence-corrected chi connectivity index (χ1v) is 11.3.